The number of nitrogens with one attached hydrogen (secondary N) is 3. The summed E-state index contributed by atoms with van der Waals surface area (Å²) in [6.07, 6.45) is 3.42. The van der Waals surface area contributed by atoms with Crippen molar-refractivity contribution in [2.75, 3.05) is 26.0 Å². The summed E-state index contributed by atoms with van der Waals surface area (Å²) in [6.45, 7) is 7.63. The Morgan fingerprint density at radius 1 is 1.10 bits per heavy atom. The van der Waals surface area contributed by atoms with Gasteiger partial charge in [0.25, 0.3) is 17.7 Å². The first kappa shape index (κ1) is 28.1. The molecule has 0 radical (unpaired) electrons. The van der Waals surface area contributed by atoms with E-state index in [1.807, 2.05) is 32.9 Å². The van der Waals surface area contributed by atoms with Crippen molar-refractivity contribution in [2.24, 2.45) is 4.99 Å². The lowest BCUT2D eigenvalue weighted by Gasteiger charge is -2.04. The van der Waals surface area contributed by atoms with Gasteiger partial charge in [0.15, 0.2) is 6.04 Å². The fourth-order valence-corrected chi connectivity index (χ4v) is 4.11. The number of nitrogens with zero attached hydrogens (tertiary/aromatic N) is 4. The highest BCUT2D eigenvalue weighted by molar-refractivity contribution is 6.08. The van der Waals surface area contributed by atoms with Gasteiger partial charge in [-0.25, -0.2) is 4.79 Å². The third kappa shape index (κ3) is 5.87. The van der Waals surface area contributed by atoms with Gasteiger partial charge in [0.1, 0.15) is 23.0 Å². The van der Waals surface area contributed by atoms with Gasteiger partial charge in [-0.15, -0.1) is 5.10 Å². The van der Waals surface area contributed by atoms with Crippen molar-refractivity contribution in [1.82, 2.24) is 25.7 Å². The van der Waals surface area contributed by atoms with Crippen molar-refractivity contribution in [2.45, 2.75) is 39.9 Å². The number of anilines is 1. The summed E-state index contributed by atoms with van der Waals surface area (Å²) >= 11 is 0. The Balaban J connectivity index is 0.000000207. The van der Waals surface area contributed by atoms with Crippen LogP contribution in [0, 0.1) is 0 Å². The number of urea groups is 1. The number of imide groups is 1. The maximum atomic E-state index is 11.7. The van der Waals surface area contributed by atoms with E-state index in [-0.39, 0.29) is 5.91 Å². The van der Waals surface area contributed by atoms with Gasteiger partial charge in [-0.2, -0.15) is 0 Å². The number of carbonyl (C=O) groups is 3. The maximum Gasteiger partial charge on any atom is 0.322 e. The molecule has 3 N–H and O–H groups in total. The van der Waals surface area contributed by atoms with Gasteiger partial charge >= 0.3 is 12.0 Å². The lowest BCUT2D eigenvalue weighted by Crippen LogP contribution is -2.22. The van der Waals surface area contributed by atoms with E-state index in [2.05, 4.69) is 31.1 Å². The van der Waals surface area contributed by atoms with E-state index in [1.54, 1.807) is 43.3 Å². The third-order valence-corrected chi connectivity index (χ3v) is 6.01. The van der Waals surface area contributed by atoms with E-state index >= 15 is 0 Å². The number of methoxy groups -OCH3 is 1. The topological polar surface area (TPSA) is 164 Å². The van der Waals surface area contributed by atoms with Crippen molar-refractivity contribution >= 4 is 35.6 Å². The van der Waals surface area contributed by atoms with E-state index in [0.29, 0.717) is 48.8 Å². The highest BCUT2D eigenvalue weighted by Crippen LogP contribution is 2.27. The Hall–Kier alpha value is -4.94. The Morgan fingerprint density at radius 2 is 1.90 bits per heavy atom. The van der Waals surface area contributed by atoms with Crippen LogP contribution in [0.1, 0.15) is 65.7 Å². The number of rotatable bonds is 5. The van der Waals surface area contributed by atoms with Gasteiger partial charge in [-0.1, -0.05) is 25.0 Å². The van der Waals surface area contributed by atoms with Crippen LogP contribution in [0.5, 0.6) is 5.75 Å². The minimum Gasteiger partial charge on any atom is -0.497 e. The standard InChI is InChI=1S/C15H14N6O4.C10H11NO2.C2H6/c1-2-16-15-21-20-13(25-15)8-3-4-9-7(6-17-8)5-10(24-9)11-12(22)19-14(23)18-11;1-11-6-7-3-4-8(13-2)5-9(7)10(11)12;1-2/h3-5,11H,2,6H2,1H3,(H,16,21)(H2,18,19,22,23);3-5H,6H2,1-2H3;1-2H3. The van der Waals surface area contributed by atoms with E-state index in [4.69, 9.17) is 13.6 Å². The molecule has 210 valence electrons. The van der Waals surface area contributed by atoms with Gasteiger partial charge in [0, 0.05) is 31.3 Å². The molecule has 3 aliphatic heterocycles. The molecule has 4 amide bonds. The van der Waals surface area contributed by atoms with E-state index < -0.39 is 18.0 Å². The molecule has 2 aromatic heterocycles. The summed E-state index contributed by atoms with van der Waals surface area (Å²) in [5.74, 6) is 1.61. The molecule has 3 aliphatic rings. The molecule has 1 saturated heterocycles. The second-order valence-electron chi connectivity index (χ2n) is 8.60. The Labute approximate surface area is 230 Å². The second-order valence-corrected chi connectivity index (χ2v) is 8.60. The number of ether oxygens (including phenoxy) is 1. The van der Waals surface area contributed by atoms with Gasteiger partial charge in [0.2, 0.25) is 0 Å². The van der Waals surface area contributed by atoms with E-state index in [0.717, 1.165) is 22.4 Å². The van der Waals surface area contributed by atoms with Crippen LogP contribution in [-0.2, 0) is 17.9 Å². The largest absolute Gasteiger partial charge is 0.497 e. The predicted molar refractivity (Wildman–Crippen MR) is 146 cm³/mol. The van der Waals surface area contributed by atoms with Crippen LogP contribution in [0.2, 0.25) is 0 Å². The number of carbonyl (C=O) groups excluding carboxylic acids is 3. The molecule has 0 bridgehead atoms. The Bertz CT molecular complexity index is 1470. The summed E-state index contributed by atoms with van der Waals surface area (Å²) in [5.41, 5.74) is 3.17. The number of aliphatic imine (C=N–C) groups is 1. The molecule has 1 aromatic carbocycles. The van der Waals surface area contributed by atoms with Crippen LogP contribution in [0.15, 0.2) is 44.2 Å². The second kappa shape index (κ2) is 12.3. The average molecular weight is 550 g/mol. The molecule has 5 heterocycles. The summed E-state index contributed by atoms with van der Waals surface area (Å²) in [5, 5.41) is 15.4. The number of furan rings is 1. The lowest BCUT2D eigenvalue weighted by atomic mass is 10.1. The van der Waals surface area contributed by atoms with Gasteiger partial charge in [-0.3, -0.25) is 19.9 Å². The maximum absolute atomic E-state index is 11.7. The van der Waals surface area contributed by atoms with Gasteiger partial charge in [0.05, 0.1) is 13.7 Å². The zero-order chi connectivity index (χ0) is 28.8. The van der Waals surface area contributed by atoms with Crippen LogP contribution in [0.4, 0.5) is 10.8 Å². The molecular weight excluding hydrogens is 518 g/mol. The monoisotopic (exact) mass is 549 g/mol. The molecule has 40 heavy (non-hydrogen) atoms. The number of hydrogen-bond acceptors (Lipinski definition) is 10. The zero-order valence-electron chi connectivity index (χ0n) is 22.9. The van der Waals surface area contributed by atoms with Crippen LogP contribution in [0.25, 0.3) is 6.08 Å². The summed E-state index contributed by atoms with van der Waals surface area (Å²) in [4.78, 5) is 40.6. The average Bonchev–Trinajstić information content (AvgIpc) is 3.71. The molecule has 3 aromatic rings. The number of aromatic nitrogens is 2. The van der Waals surface area contributed by atoms with Crippen molar-refractivity contribution in [3.05, 3.63) is 64.4 Å². The van der Waals surface area contributed by atoms with E-state index in [1.165, 1.54) is 0 Å². The predicted octanol–water partition coefficient (Wildman–Crippen LogP) is 3.30. The minimum absolute atomic E-state index is 0.0777. The summed E-state index contributed by atoms with van der Waals surface area (Å²) in [7, 11) is 3.40. The highest BCUT2D eigenvalue weighted by atomic mass is 16.5. The van der Waals surface area contributed by atoms with Crippen molar-refractivity contribution in [3.8, 4) is 5.75 Å². The SMILES string of the molecule is CC.CCNc1nnc(C2=NCc3cc(C4NC(=O)NC4=O)oc3C=C2)o1.COc1ccc2c(c1)C(=O)N(C)C2. The van der Waals surface area contributed by atoms with Gasteiger partial charge in [-0.05, 0) is 42.8 Å². The molecule has 13 heteroatoms. The first-order chi connectivity index (χ1) is 19.4. The number of allylic oxidation sites excluding steroid dienone is 1. The first-order valence-electron chi connectivity index (χ1n) is 12.8. The number of benzene rings is 1. The minimum atomic E-state index is -0.824. The molecule has 1 fully saturated rings. The quantitative estimate of drug-likeness (QED) is 0.405. The van der Waals surface area contributed by atoms with Crippen LogP contribution < -0.4 is 20.7 Å². The summed E-state index contributed by atoms with van der Waals surface area (Å²) in [6, 6.07) is 6.29. The fraction of sp³-hybridized carbons (Fsp3) is 0.333. The molecule has 0 aliphatic carbocycles. The fourth-order valence-electron chi connectivity index (χ4n) is 4.11. The van der Waals surface area contributed by atoms with Gasteiger partial charge < -0.3 is 29.1 Å². The smallest absolute Gasteiger partial charge is 0.322 e. The van der Waals surface area contributed by atoms with Crippen LogP contribution >= 0.6 is 0 Å². The van der Waals surface area contributed by atoms with Crippen molar-refractivity contribution in [3.63, 3.8) is 0 Å². The Morgan fingerprint density at radius 3 is 2.60 bits per heavy atom. The number of amides is 4. The normalized spacial score (nSPS) is 16.8. The zero-order valence-corrected chi connectivity index (χ0v) is 22.9. The number of fused-ring (bicyclic) bond motifs is 2. The number of hydrogen-bond donors (Lipinski definition) is 3. The van der Waals surface area contributed by atoms with Crippen LogP contribution in [0.3, 0.4) is 0 Å². The van der Waals surface area contributed by atoms with Crippen molar-refractivity contribution in [1.29, 1.82) is 0 Å². The van der Waals surface area contributed by atoms with Crippen LogP contribution in [-0.4, -0.2) is 59.4 Å². The third-order valence-electron chi connectivity index (χ3n) is 6.01. The molecule has 1 unspecified atom stereocenters. The molecule has 13 nitrogen and oxygen atoms in total. The summed E-state index contributed by atoms with van der Waals surface area (Å²) < 4.78 is 16.2. The Kier molecular flexibility index (Phi) is 8.62. The first-order valence-corrected chi connectivity index (χ1v) is 12.8. The molecule has 0 saturated carbocycles. The molecule has 6 rings (SSSR count). The van der Waals surface area contributed by atoms with E-state index in [9.17, 15) is 14.4 Å². The highest BCUT2D eigenvalue weighted by Gasteiger charge is 2.34. The van der Waals surface area contributed by atoms with Crippen molar-refractivity contribution < 1.29 is 28.0 Å². The lowest BCUT2D eigenvalue weighted by molar-refractivity contribution is -0.120. The molecule has 0 spiro atoms. The molecule has 1 atom stereocenters. The molecular formula is C27H31N7O6.